The van der Waals surface area contributed by atoms with Crippen molar-refractivity contribution in [2.75, 3.05) is 0 Å². The number of rotatable bonds is 4. The van der Waals surface area contributed by atoms with Crippen LogP contribution in [0.1, 0.15) is 46.2 Å². The average Bonchev–Trinajstić information content (AvgIpc) is 2.99. The van der Waals surface area contributed by atoms with Crippen LogP contribution in [0.15, 0.2) is 30.5 Å². The number of aromatic carboxylic acids is 1. The van der Waals surface area contributed by atoms with E-state index in [9.17, 15) is 22.8 Å². The SMILES string of the molecule is CC1CC(NC(=O)c2ccc(-n3ncc(C(=O)O)c3C(F)(F)F)cc2)C1. The highest BCUT2D eigenvalue weighted by Gasteiger charge is 2.40. The van der Waals surface area contributed by atoms with Crippen molar-refractivity contribution >= 4 is 11.9 Å². The summed E-state index contributed by atoms with van der Waals surface area (Å²) in [6.07, 6.45) is -2.42. The minimum Gasteiger partial charge on any atom is -0.478 e. The Bertz CT molecular complexity index is 837. The molecule has 3 rings (SSSR count). The molecule has 0 aliphatic heterocycles. The van der Waals surface area contributed by atoms with E-state index in [2.05, 4.69) is 17.3 Å². The zero-order valence-corrected chi connectivity index (χ0v) is 13.7. The number of aromatic nitrogens is 2. The monoisotopic (exact) mass is 367 g/mol. The zero-order chi connectivity index (χ0) is 19.1. The molecular weight excluding hydrogens is 351 g/mol. The van der Waals surface area contributed by atoms with Crippen LogP contribution in [0.5, 0.6) is 0 Å². The lowest BCUT2D eigenvalue weighted by Crippen LogP contribution is -2.43. The van der Waals surface area contributed by atoms with Gasteiger partial charge < -0.3 is 10.4 Å². The van der Waals surface area contributed by atoms with Gasteiger partial charge in [0.1, 0.15) is 5.56 Å². The standard InChI is InChI=1S/C17H16F3N3O3/c1-9-6-11(7-9)22-15(24)10-2-4-12(5-3-10)23-14(17(18,19)20)13(8-21-23)16(25)26/h2-5,8-9,11H,6-7H2,1H3,(H,22,24)(H,25,26). The first-order chi connectivity index (χ1) is 12.2. The van der Waals surface area contributed by atoms with Crippen LogP contribution < -0.4 is 5.32 Å². The van der Waals surface area contributed by atoms with Crippen LogP contribution in [0.4, 0.5) is 13.2 Å². The Balaban J connectivity index is 1.85. The summed E-state index contributed by atoms with van der Waals surface area (Å²) in [7, 11) is 0. The summed E-state index contributed by atoms with van der Waals surface area (Å²) in [6, 6.07) is 5.49. The predicted octanol–water partition coefficient (Wildman–Crippen LogP) is 3.12. The summed E-state index contributed by atoms with van der Waals surface area (Å²) in [6.45, 7) is 2.09. The second-order valence-corrected chi connectivity index (χ2v) is 6.42. The molecule has 0 atom stereocenters. The Morgan fingerprint density at radius 2 is 1.85 bits per heavy atom. The number of carbonyl (C=O) groups is 2. The van der Waals surface area contributed by atoms with Gasteiger partial charge in [0, 0.05) is 11.6 Å². The van der Waals surface area contributed by atoms with E-state index < -0.39 is 23.4 Å². The third-order valence-corrected chi connectivity index (χ3v) is 4.35. The largest absolute Gasteiger partial charge is 0.478 e. The van der Waals surface area contributed by atoms with E-state index in [0.717, 1.165) is 12.8 Å². The van der Waals surface area contributed by atoms with Crippen LogP contribution in [0.2, 0.25) is 0 Å². The molecule has 1 saturated carbocycles. The quantitative estimate of drug-likeness (QED) is 0.870. The maximum absolute atomic E-state index is 13.2. The predicted molar refractivity (Wildman–Crippen MR) is 85.2 cm³/mol. The van der Waals surface area contributed by atoms with Crippen molar-refractivity contribution in [1.82, 2.24) is 15.1 Å². The smallest absolute Gasteiger partial charge is 0.434 e. The van der Waals surface area contributed by atoms with E-state index in [1.807, 2.05) is 0 Å². The van der Waals surface area contributed by atoms with Gasteiger partial charge in [0.25, 0.3) is 5.91 Å². The van der Waals surface area contributed by atoms with E-state index in [0.29, 0.717) is 22.4 Å². The Labute approximate surface area is 146 Å². The first-order valence-electron chi connectivity index (χ1n) is 7.96. The fourth-order valence-electron chi connectivity index (χ4n) is 3.02. The normalized spacial score (nSPS) is 19.7. The Morgan fingerprint density at radius 3 is 2.35 bits per heavy atom. The summed E-state index contributed by atoms with van der Waals surface area (Å²) < 4.78 is 40.2. The number of nitrogens with zero attached hydrogens (tertiary/aromatic N) is 2. The van der Waals surface area contributed by atoms with Crippen molar-refractivity contribution in [2.45, 2.75) is 32.0 Å². The second kappa shape index (κ2) is 6.47. The van der Waals surface area contributed by atoms with Crippen molar-refractivity contribution in [3.63, 3.8) is 0 Å². The number of nitrogens with one attached hydrogen (secondary N) is 1. The van der Waals surface area contributed by atoms with E-state index in [4.69, 9.17) is 5.11 Å². The number of alkyl halides is 3. The molecule has 2 N–H and O–H groups in total. The number of benzene rings is 1. The molecule has 0 bridgehead atoms. The molecule has 26 heavy (non-hydrogen) atoms. The van der Waals surface area contributed by atoms with Gasteiger partial charge in [0.15, 0.2) is 5.69 Å². The van der Waals surface area contributed by atoms with Crippen molar-refractivity contribution in [1.29, 1.82) is 0 Å². The number of amides is 1. The van der Waals surface area contributed by atoms with E-state index in [-0.39, 0.29) is 17.6 Å². The molecule has 0 saturated heterocycles. The van der Waals surface area contributed by atoms with Crippen LogP contribution in [0.25, 0.3) is 5.69 Å². The van der Waals surface area contributed by atoms with E-state index in [1.54, 1.807) is 0 Å². The highest BCUT2D eigenvalue weighted by Crippen LogP contribution is 2.33. The maximum Gasteiger partial charge on any atom is 0.434 e. The zero-order valence-electron chi connectivity index (χ0n) is 13.7. The third-order valence-electron chi connectivity index (χ3n) is 4.35. The molecule has 138 valence electrons. The van der Waals surface area contributed by atoms with E-state index in [1.165, 1.54) is 24.3 Å². The third kappa shape index (κ3) is 3.42. The lowest BCUT2D eigenvalue weighted by Gasteiger charge is -2.33. The van der Waals surface area contributed by atoms with Gasteiger partial charge in [-0.15, -0.1) is 0 Å². The number of halogens is 3. The van der Waals surface area contributed by atoms with Gasteiger partial charge in [-0.25, -0.2) is 9.48 Å². The van der Waals surface area contributed by atoms with Gasteiger partial charge in [-0.05, 0) is 43.0 Å². The Kier molecular flexibility index (Phi) is 4.47. The molecule has 1 aliphatic rings. The number of carbonyl (C=O) groups excluding carboxylic acids is 1. The van der Waals surface area contributed by atoms with Crippen molar-refractivity contribution in [3.8, 4) is 5.69 Å². The minimum absolute atomic E-state index is 0.0126. The molecule has 2 aromatic rings. The van der Waals surface area contributed by atoms with Gasteiger partial charge in [-0.1, -0.05) is 6.92 Å². The summed E-state index contributed by atoms with van der Waals surface area (Å²) in [5.41, 5.74) is -1.98. The molecule has 0 unspecified atom stereocenters. The number of hydrogen-bond donors (Lipinski definition) is 2. The van der Waals surface area contributed by atoms with Crippen LogP contribution in [0, 0.1) is 5.92 Å². The second-order valence-electron chi connectivity index (χ2n) is 6.42. The molecule has 9 heteroatoms. The lowest BCUT2D eigenvalue weighted by molar-refractivity contribution is -0.143. The van der Waals surface area contributed by atoms with Crippen LogP contribution in [-0.2, 0) is 6.18 Å². The molecule has 1 heterocycles. The van der Waals surface area contributed by atoms with Crippen LogP contribution in [0.3, 0.4) is 0 Å². The summed E-state index contributed by atoms with van der Waals surface area (Å²) in [4.78, 5) is 23.1. The Hall–Kier alpha value is -2.84. The minimum atomic E-state index is -4.89. The molecular formula is C17H16F3N3O3. The molecule has 6 nitrogen and oxygen atoms in total. The summed E-state index contributed by atoms with van der Waals surface area (Å²) in [5.74, 6) is -1.43. The highest BCUT2D eigenvalue weighted by atomic mass is 19.4. The molecule has 1 aromatic heterocycles. The maximum atomic E-state index is 13.2. The van der Waals surface area contributed by atoms with Gasteiger partial charge >= 0.3 is 12.1 Å². The highest BCUT2D eigenvalue weighted by molar-refractivity contribution is 5.94. The molecule has 1 aliphatic carbocycles. The molecule has 1 amide bonds. The van der Waals surface area contributed by atoms with Crippen molar-refractivity contribution in [2.24, 2.45) is 5.92 Å². The first kappa shape index (κ1) is 18.0. The number of hydrogen-bond acceptors (Lipinski definition) is 3. The van der Waals surface area contributed by atoms with Gasteiger partial charge in [0.2, 0.25) is 0 Å². The van der Waals surface area contributed by atoms with Crippen LogP contribution >= 0.6 is 0 Å². The summed E-state index contributed by atoms with van der Waals surface area (Å²) >= 11 is 0. The van der Waals surface area contributed by atoms with Gasteiger partial charge in [-0.3, -0.25) is 4.79 Å². The average molecular weight is 367 g/mol. The molecule has 0 spiro atoms. The van der Waals surface area contributed by atoms with Gasteiger partial charge in [-0.2, -0.15) is 18.3 Å². The first-order valence-corrected chi connectivity index (χ1v) is 7.96. The topological polar surface area (TPSA) is 84.2 Å². The fourth-order valence-corrected chi connectivity index (χ4v) is 3.02. The molecule has 1 aromatic carbocycles. The van der Waals surface area contributed by atoms with E-state index >= 15 is 0 Å². The summed E-state index contributed by atoms with van der Waals surface area (Å²) in [5, 5.41) is 15.3. The fraction of sp³-hybridized carbons (Fsp3) is 0.353. The van der Waals surface area contributed by atoms with Crippen molar-refractivity contribution in [3.05, 3.63) is 47.3 Å². The molecule has 1 fully saturated rings. The number of carboxylic acid groups (broad SMARTS) is 1. The molecule has 0 radical (unpaired) electrons. The van der Waals surface area contributed by atoms with Gasteiger partial charge in [0.05, 0.1) is 11.9 Å². The number of carboxylic acids is 1. The van der Waals surface area contributed by atoms with Crippen LogP contribution in [-0.4, -0.2) is 32.8 Å². The lowest BCUT2D eigenvalue weighted by atomic mass is 9.82. The van der Waals surface area contributed by atoms with Crippen molar-refractivity contribution < 1.29 is 27.9 Å². The Morgan fingerprint density at radius 1 is 1.23 bits per heavy atom.